The number of fused-ring (bicyclic) bond motifs is 3. The van der Waals surface area contributed by atoms with Crippen LogP contribution in [-0.4, -0.2) is 79.9 Å². The summed E-state index contributed by atoms with van der Waals surface area (Å²) in [6.07, 6.45) is -0.0327. The Morgan fingerprint density at radius 3 is 2.43 bits per heavy atom. The SMILES string of the molecule is CN(C)C1(NC(=O)CCl)C(=O)C(C(N)=O)=C(O)C2(O)C(=O)C3=C(O)c4c(O)cccc4CC3CC21. The van der Waals surface area contributed by atoms with Gasteiger partial charge < -0.3 is 31.5 Å². The Morgan fingerprint density at radius 2 is 1.86 bits per heavy atom. The number of halogens is 1. The highest BCUT2D eigenvalue weighted by molar-refractivity contribution is 6.29. The van der Waals surface area contributed by atoms with Gasteiger partial charge in [0.05, 0.1) is 5.56 Å². The van der Waals surface area contributed by atoms with Crippen LogP contribution in [0.5, 0.6) is 5.75 Å². The van der Waals surface area contributed by atoms with Crippen LogP contribution in [0.2, 0.25) is 0 Å². The predicted molar refractivity (Wildman–Crippen MR) is 122 cm³/mol. The summed E-state index contributed by atoms with van der Waals surface area (Å²) in [6.45, 7) is 0. The molecule has 0 aliphatic heterocycles. The van der Waals surface area contributed by atoms with Gasteiger partial charge in [-0.2, -0.15) is 0 Å². The Kier molecular flexibility index (Phi) is 5.70. The molecule has 0 heterocycles. The number of rotatable bonds is 4. The van der Waals surface area contributed by atoms with E-state index in [9.17, 15) is 39.6 Å². The summed E-state index contributed by atoms with van der Waals surface area (Å²) in [5, 5.41) is 46.4. The Hall–Kier alpha value is -3.41. The number of alkyl halides is 1. The summed E-state index contributed by atoms with van der Waals surface area (Å²) in [6, 6.07) is 4.54. The van der Waals surface area contributed by atoms with Crippen molar-refractivity contribution in [1.82, 2.24) is 10.2 Å². The van der Waals surface area contributed by atoms with E-state index in [1.165, 1.54) is 25.1 Å². The molecule has 0 bridgehead atoms. The number of amides is 2. The number of ketones is 2. The largest absolute Gasteiger partial charge is 0.508 e. The summed E-state index contributed by atoms with van der Waals surface area (Å²) in [7, 11) is 2.77. The number of hydrogen-bond donors (Lipinski definition) is 6. The lowest BCUT2D eigenvalue weighted by Gasteiger charge is -2.56. The standard InChI is InChI=1S/C23H24ClN3O8/c1-27(2)23(26-13(29)8-24)12-7-10-6-9-4-3-5-11(28)14(9)17(30)15(10)18(31)22(12,35)19(32)16(20(23)33)21(25)34/h3-5,10,12,28,30,32,35H,6-8H2,1-2H3,(H2,25,34)(H,26,29). The van der Waals surface area contributed by atoms with Crippen LogP contribution in [0.4, 0.5) is 0 Å². The number of benzene rings is 1. The number of hydrogen-bond acceptors (Lipinski definition) is 9. The molecule has 11 nitrogen and oxygen atoms in total. The molecule has 35 heavy (non-hydrogen) atoms. The summed E-state index contributed by atoms with van der Waals surface area (Å²) >= 11 is 5.66. The van der Waals surface area contributed by atoms with Gasteiger partial charge in [0, 0.05) is 11.5 Å². The first-order valence-corrected chi connectivity index (χ1v) is 11.2. The van der Waals surface area contributed by atoms with E-state index in [-0.39, 0.29) is 29.7 Å². The first kappa shape index (κ1) is 24.7. The minimum atomic E-state index is -2.91. The van der Waals surface area contributed by atoms with Gasteiger partial charge in [-0.25, -0.2) is 0 Å². The van der Waals surface area contributed by atoms with E-state index in [0.29, 0.717) is 5.56 Å². The second-order valence-electron chi connectivity index (χ2n) is 9.12. The molecule has 1 aromatic carbocycles. The molecule has 12 heteroatoms. The second kappa shape index (κ2) is 8.08. The van der Waals surface area contributed by atoms with Gasteiger partial charge >= 0.3 is 0 Å². The third kappa shape index (κ3) is 3.12. The molecule has 4 rings (SSSR count). The normalized spacial score (nSPS) is 30.1. The first-order valence-electron chi connectivity index (χ1n) is 10.7. The van der Waals surface area contributed by atoms with Gasteiger partial charge in [-0.05, 0) is 44.5 Å². The number of nitrogens with two attached hydrogens (primary N) is 1. The maximum Gasteiger partial charge on any atom is 0.256 e. The average molecular weight is 506 g/mol. The van der Waals surface area contributed by atoms with Crippen molar-refractivity contribution in [2.75, 3.05) is 20.0 Å². The number of Topliss-reactive ketones (excluding diaryl/α,β-unsaturated/α-hetero) is 2. The summed E-state index contributed by atoms with van der Waals surface area (Å²) in [5.41, 5.74) is -0.556. The topological polar surface area (TPSA) is 190 Å². The molecule has 1 saturated carbocycles. The summed E-state index contributed by atoms with van der Waals surface area (Å²) in [5.74, 6) is -9.53. The van der Waals surface area contributed by atoms with Crippen molar-refractivity contribution in [1.29, 1.82) is 0 Å². The van der Waals surface area contributed by atoms with E-state index < -0.39 is 69.5 Å². The van der Waals surface area contributed by atoms with Crippen LogP contribution < -0.4 is 11.1 Å². The van der Waals surface area contributed by atoms with Crippen molar-refractivity contribution in [2.45, 2.75) is 24.1 Å². The molecule has 0 spiro atoms. The fourth-order valence-corrected chi connectivity index (χ4v) is 5.74. The third-order valence-corrected chi connectivity index (χ3v) is 7.43. The fraction of sp³-hybridized carbons (Fsp3) is 0.391. The zero-order valence-electron chi connectivity index (χ0n) is 18.8. The van der Waals surface area contributed by atoms with E-state index >= 15 is 0 Å². The zero-order valence-corrected chi connectivity index (χ0v) is 19.6. The van der Waals surface area contributed by atoms with Crippen LogP contribution in [0.25, 0.3) is 5.76 Å². The zero-order chi connectivity index (χ0) is 26.0. The smallest absolute Gasteiger partial charge is 0.256 e. The van der Waals surface area contributed by atoms with Gasteiger partial charge in [-0.3, -0.25) is 24.1 Å². The molecule has 0 aromatic heterocycles. The predicted octanol–water partition coefficient (Wildman–Crippen LogP) is -0.353. The van der Waals surface area contributed by atoms with Crippen molar-refractivity contribution >= 4 is 40.7 Å². The molecular formula is C23H24ClN3O8. The molecule has 3 aliphatic rings. The first-order chi connectivity index (χ1) is 16.3. The van der Waals surface area contributed by atoms with E-state index in [2.05, 4.69) is 5.32 Å². The van der Waals surface area contributed by atoms with E-state index in [4.69, 9.17) is 17.3 Å². The number of likely N-dealkylation sites (N-methyl/N-ethyl adjacent to an activating group) is 1. The van der Waals surface area contributed by atoms with E-state index in [0.717, 1.165) is 0 Å². The lowest BCUT2D eigenvalue weighted by molar-refractivity contribution is -0.170. The van der Waals surface area contributed by atoms with Crippen LogP contribution in [0.1, 0.15) is 17.5 Å². The molecule has 186 valence electrons. The number of aliphatic hydroxyl groups excluding tert-OH is 2. The van der Waals surface area contributed by atoms with Gasteiger partial charge in [0.2, 0.25) is 17.5 Å². The molecule has 0 saturated heterocycles. The molecule has 1 aromatic rings. The van der Waals surface area contributed by atoms with E-state index in [1.807, 2.05) is 0 Å². The van der Waals surface area contributed by atoms with Crippen LogP contribution in [0.15, 0.2) is 35.1 Å². The number of primary amides is 1. The maximum atomic E-state index is 13.8. The van der Waals surface area contributed by atoms with Gasteiger partial charge in [-0.15, -0.1) is 11.6 Å². The number of carbonyl (C=O) groups excluding carboxylic acids is 4. The van der Waals surface area contributed by atoms with Gasteiger partial charge in [0.1, 0.15) is 28.7 Å². The minimum Gasteiger partial charge on any atom is -0.508 e. The molecule has 3 aliphatic carbocycles. The van der Waals surface area contributed by atoms with Crippen molar-refractivity contribution in [2.24, 2.45) is 17.6 Å². The van der Waals surface area contributed by atoms with Gasteiger partial charge in [0.15, 0.2) is 11.3 Å². The summed E-state index contributed by atoms with van der Waals surface area (Å²) in [4.78, 5) is 53.3. The highest BCUT2D eigenvalue weighted by Gasteiger charge is 2.70. The van der Waals surface area contributed by atoms with Crippen molar-refractivity contribution in [3.05, 3.63) is 46.2 Å². The Bertz CT molecular complexity index is 1260. The third-order valence-electron chi connectivity index (χ3n) is 7.19. The van der Waals surface area contributed by atoms with Crippen LogP contribution in [0, 0.1) is 11.8 Å². The monoisotopic (exact) mass is 505 g/mol. The lowest BCUT2D eigenvalue weighted by Crippen LogP contribution is -2.78. The number of phenolic OH excluding ortho intramolecular Hbond substituents is 1. The lowest BCUT2D eigenvalue weighted by atomic mass is 9.55. The minimum absolute atomic E-state index is 0.00828. The molecule has 7 N–H and O–H groups in total. The van der Waals surface area contributed by atoms with Crippen LogP contribution >= 0.6 is 11.6 Å². The van der Waals surface area contributed by atoms with Gasteiger partial charge in [-0.1, -0.05) is 12.1 Å². The molecule has 4 unspecified atom stereocenters. The van der Waals surface area contributed by atoms with Gasteiger partial charge in [0.25, 0.3) is 5.91 Å². The molecule has 4 atom stereocenters. The molecule has 0 radical (unpaired) electrons. The number of nitrogens with zero attached hydrogens (tertiary/aromatic N) is 1. The second-order valence-corrected chi connectivity index (χ2v) is 9.39. The van der Waals surface area contributed by atoms with Crippen molar-refractivity contribution < 1.29 is 39.6 Å². The molecular weight excluding hydrogens is 482 g/mol. The van der Waals surface area contributed by atoms with E-state index in [1.54, 1.807) is 12.1 Å². The highest BCUT2D eigenvalue weighted by Crippen LogP contribution is 2.54. The van der Waals surface area contributed by atoms with Crippen LogP contribution in [-0.2, 0) is 25.6 Å². The number of carbonyl (C=O) groups is 4. The van der Waals surface area contributed by atoms with Crippen molar-refractivity contribution in [3.8, 4) is 5.75 Å². The highest BCUT2D eigenvalue weighted by atomic mass is 35.5. The number of nitrogens with one attached hydrogen (secondary N) is 1. The molecule has 1 fully saturated rings. The number of phenols is 1. The number of aromatic hydroxyl groups is 1. The fourth-order valence-electron chi connectivity index (χ4n) is 5.68. The quantitative estimate of drug-likeness (QED) is 0.180. The Morgan fingerprint density at radius 1 is 1.20 bits per heavy atom. The summed E-state index contributed by atoms with van der Waals surface area (Å²) < 4.78 is 0. The van der Waals surface area contributed by atoms with Crippen molar-refractivity contribution in [3.63, 3.8) is 0 Å². The maximum absolute atomic E-state index is 13.8. The Balaban J connectivity index is 2.04. The average Bonchev–Trinajstić information content (AvgIpc) is 2.78. The number of aliphatic hydroxyl groups is 3. The Labute approximate surface area is 204 Å². The van der Waals surface area contributed by atoms with Crippen LogP contribution in [0.3, 0.4) is 0 Å². The molecule has 2 amide bonds.